The van der Waals surface area contributed by atoms with Gasteiger partial charge in [-0.2, -0.15) is 0 Å². The molecular formula is C4H8INa2O4P. The number of alkyl halides is 1. The van der Waals surface area contributed by atoms with Crippen LogP contribution < -0.4 is 68.9 Å². The SMILES string of the molecule is O=P([O-])([O-])OCCCCI.[Na+].[Na+]. The van der Waals surface area contributed by atoms with Gasteiger partial charge in [0.05, 0.1) is 14.4 Å². The summed E-state index contributed by atoms with van der Waals surface area (Å²) in [5, 5.41) is 0. The summed E-state index contributed by atoms with van der Waals surface area (Å²) in [6, 6.07) is 0. The molecule has 0 saturated carbocycles. The predicted molar refractivity (Wildman–Crippen MR) is 41.7 cm³/mol. The van der Waals surface area contributed by atoms with Crippen LogP contribution in [-0.2, 0) is 9.09 Å². The van der Waals surface area contributed by atoms with E-state index in [1.165, 1.54) is 0 Å². The molecule has 0 unspecified atom stereocenters. The minimum absolute atomic E-state index is 0. The predicted octanol–water partition coefficient (Wildman–Crippen LogP) is -5.95. The van der Waals surface area contributed by atoms with E-state index in [1.54, 1.807) is 0 Å². The Morgan fingerprint density at radius 1 is 1.25 bits per heavy atom. The van der Waals surface area contributed by atoms with E-state index in [0.29, 0.717) is 6.42 Å². The summed E-state index contributed by atoms with van der Waals surface area (Å²) in [6.45, 7) is 0.0211. The van der Waals surface area contributed by atoms with Crippen molar-refractivity contribution in [1.82, 2.24) is 0 Å². The van der Waals surface area contributed by atoms with Gasteiger partial charge in [-0.25, -0.2) is 0 Å². The van der Waals surface area contributed by atoms with Crippen molar-refractivity contribution in [2.24, 2.45) is 0 Å². The Balaban J connectivity index is -0.000000405. The van der Waals surface area contributed by atoms with Crippen LogP contribution in [0.3, 0.4) is 0 Å². The van der Waals surface area contributed by atoms with Gasteiger partial charge in [0.15, 0.2) is 0 Å². The molecule has 0 aliphatic carbocycles. The molecule has 0 aliphatic heterocycles. The van der Waals surface area contributed by atoms with Gasteiger partial charge in [0.25, 0.3) is 0 Å². The maximum Gasteiger partial charge on any atom is 1.00 e. The van der Waals surface area contributed by atoms with E-state index in [4.69, 9.17) is 0 Å². The van der Waals surface area contributed by atoms with E-state index in [0.717, 1.165) is 10.8 Å². The van der Waals surface area contributed by atoms with Crippen molar-refractivity contribution in [2.75, 3.05) is 11.0 Å². The van der Waals surface area contributed by atoms with Gasteiger partial charge in [0.2, 0.25) is 0 Å². The standard InChI is InChI=1S/C4H10IO4P.2Na/c5-3-1-2-4-9-10(6,7)8;;/h1-4H2,(H2,6,7,8);;/q;2*+1/p-2. The summed E-state index contributed by atoms with van der Waals surface area (Å²) < 4.78 is 14.8. The molecule has 0 amide bonds. The molecule has 0 spiro atoms. The van der Waals surface area contributed by atoms with E-state index in [9.17, 15) is 14.4 Å². The van der Waals surface area contributed by atoms with E-state index in [-0.39, 0.29) is 65.7 Å². The second kappa shape index (κ2) is 11.9. The number of phosphoric acid groups is 1. The second-order valence-electron chi connectivity index (χ2n) is 1.68. The van der Waals surface area contributed by atoms with Crippen molar-refractivity contribution in [3.05, 3.63) is 0 Å². The first-order chi connectivity index (χ1) is 4.56. The quantitative estimate of drug-likeness (QED) is 0.166. The maximum atomic E-state index is 9.84. The van der Waals surface area contributed by atoms with Gasteiger partial charge in [-0.3, -0.25) is 0 Å². The Morgan fingerprint density at radius 2 is 1.75 bits per heavy atom. The van der Waals surface area contributed by atoms with Crippen LogP contribution in [0.1, 0.15) is 12.8 Å². The van der Waals surface area contributed by atoms with Crippen LogP contribution in [0.25, 0.3) is 0 Å². The van der Waals surface area contributed by atoms with Gasteiger partial charge in [-0.05, 0) is 17.3 Å². The van der Waals surface area contributed by atoms with Crippen molar-refractivity contribution in [3.63, 3.8) is 0 Å². The zero-order valence-electron chi connectivity index (χ0n) is 7.29. The number of phosphoric ester groups is 1. The molecule has 0 bridgehead atoms. The fraction of sp³-hybridized carbons (Fsp3) is 1.00. The third-order valence-electron chi connectivity index (χ3n) is 0.777. The van der Waals surface area contributed by atoms with Crippen LogP contribution in [0.5, 0.6) is 0 Å². The Hall–Kier alpha value is 2.84. The molecule has 0 fully saturated rings. The van der Waals surface area contributed by atoms with Crippen LogP contribution in [0, 0.1) is 0 Å². The number of hydrogen-bond acceptors (Lipinski definition) is 4. The van der Waals surface area contributed by atoms with Crippen LogP contribution in [0.4, 0.5) is 0 Å². The largest absolute Gasteiger partial charge is 1.00 e. The van der Waals surface area contributed by atoms with Crippen molar-refractivity contribution < 1.29 is 78.0 Å². The van der Waals surface area contributed by atoms with Crippen molar-refractivity contribution in [1.29, 1.82) is 0 Å². The molecule has 0 aromatic carbocycles. The minimum Gasteiger partial charge on any atom is -0.790 e. The zero-order valence-corrected chi connectivity index (χ0v) is 14.3. The van der Waals surface area contributed by atoms with Crippen LogP contribution in [-0.4, -0.2) is 11.0 Å². The first-order valence-electron chi connectivity index (χ1n) is 2.79. The Bertz CT molecular complexity index is 130. The topological polar surface area (TPSA) is 72.4 Å². The summed E-state index contributed by atoms with van der Waals surface area (Å²) in [5.74, 6) is 0. The maximum absolute atomic E-state index is 9.84. The summed E-state index contributed by atoms with van der Waals surface area (Å²) in [7, 11) is -4.71. The molecule has 0 radical (unpaired) electrons. The summed E-state index contributed by atoms with van der Waals surface area (Å²) in [5.41, 5.74) is 0. The molecule has 0 atom stereocenters. The molecular weight excluding hydrogens is 316 g/mol. The van der Waals surface area contributed by atoms with E-state index in [2.05, 4.69) is 27.1 Å². The summed E-state index contributed by atoms with van der Waals surface area (Å²) in [6.07, 6.45) is 1.50. The molecule has 0 rings (SSSR count). The van der Waals surface area contributed by atoms with Gasteiger partial charge < -0.3 is 18.9 Å². The number of rotatable bonds is 5. The molecule has 0 N–H and O–H groups in total. The van der Waals surface area contributed by atoms with Crippen molar-refractivity contribution in [2.45, 2.75) is 12.8 Å². The first kappa shape index (κ1) is 20.3. The Morgan fingerprint density at radius 3 is 2.08 bits per heavy atom. The Labute approximate surface area is 130 Å². The fourth-order valence-corrected chi connectivity index (χ4v) is 1.26. The molecule has 12 heavy (non-hydrogen) atoms. The molecule has 0 aromatic heterocycles. The van der Waals surface area contributed by atoms with Crippen LogP contribution >= 0.6 is 30.4 Å². The smallest absolute Gasteiger partial charge is 0.790 e. The minimum atomic E-state index is -4.71. The average molecular weight is 324 g/mol. The van der Waals surface area contributed by atoms with Crippen LogP contribution in [0.15, 0.2) is 0 Å². The zero-order chi connectivity index (χ0) is 8.04. The van der Waals surface area contributed by atoms with Gasteiger partial charge >= 0.3 is 59.1 Å². The van der Waals surface area contributed by atoms with Gasteiger partial charge in [-0.1, -0.05) is 22.6 Å². The molecule has 62 valence electrons. The number of hydrogen-bond donors (Lipinski definition) is 0. The third-order valence-corrected chi connectivity index (χ3v) is 2.04. The molecule has 8 heteroatoms. The first-order valence-corrected chi connectivity index (χ1v) is 5.77. The summed E-state index contributed by atoms with van der Waals surface area (Å²) >= 11 is 2.17. The van der Waals surface area contributed by atoms with Crippen LogP contribution in [0.2, 0.25) is 0 Å². The fourth-order valence-electron chi connectivity index (χ4n) is 0.373. The van der Waals surface area contributed by atoms with E-state index in [1.807, 2.05) is 0 Å². The average Bonchev–Trinajstić information content (AvgIpc) is 1.78. The van der Waals surface area contributed by atoms with Crippen molar-refractivity contribution >= 4 is 30.4 Å². The molecule has 0 aromatic rings. The molecule has 0 saturated heterocycles. The van der Waals surface area contributed by atoms with Gasteiger partial charge in [-0.15, -0.1) is 0 Å². The van der Waals surface area contributed by atoms with Gasteiger partial charge in [0.1, 0.15) is 0 Å². The van der Waals surface area contributed by atoms with Crippen molar-refractivity contribution in [3.8, 4) is 0 Å². The molecule has 0 heterocycles. The molecule has 4 nitrogen and oxygen atoms in total. The normalized spacial score (nSPS) is 9.92. The van der Waals surface area contributed by atoms with E-state index >= 15 is 0 Å². The number of halogens is 1. The monoisotopic (exact) mass is 324 g/mol. The molecule has 0 aliphatic rings. The Kier molecular flexibility index (Phi) is 20.1. The third kappa shape index (κ3) is 18.6. The van der Waals surface area contributed by atoms with E-state index < -0.39 is 7.82 Å². The number of unbranched alkanes of at least 4 members (excludes halogenated alkanes) is 1. The van der Waals surface area contributed by atoms with Gasteiger partial charge in [0, 0.05) is 0 Å². The summed E-state index contributed by atoms with van der Waals surface area (Å²) in [4.78, 5) is 19.7. The second-order valence-corrected chi connectivity index (χ2v) is 3.91.